The summed E-state index contributed by atoms with van der Waals surface area (Å²) in [5, 5.41) is 11.9. The Morgan fingerprint density at radius 2 is 1.83 bits per heavy atom. The van der Waals surface area contributed by atoms with Gasteiger partial charge in [-0.15, -0.1) is 0 Å². The van der Waals surface area contributed by atoms with Crippen LogP contribution in [0.4, 0.5) is 10.5 Å². The van der Waals surface area contributed by atoms with Gasteiger partial charge in [-0.1, -0.05) is 6.07 Å². The van der Waals surface area contributed by atoms with Gasteiger partial charge in [0.05, 0.1) is 25.0 Å². The topological polar surface area (TPSA) is 122 Å². The molecule has 2 aromatic carbocycles. The number of rotatable bonds is 5. The van der Waals surface area contributed by atoms with Gasteiger partial charge in [0.25, 0.3) is 11.8 Å². The summed E-state index contributed by atoms with van der Waals surface area (Å²) >= 11 is 0. The van der Waals surface area contributed by atoms with E-state index in [1.807, 2.05) is 0 Å². The first-order valence-electron chi connectivity index (χ1n) is 8.91. The first kappa shape index (κ1) is 20.6. The summed E-state index contributed by atoms with van der Waals surface area (Å²) in [5.74, 6) is -2.13. The van der Waals surface area contributed by atoms with Crippen LogP contribution < -0.4 is 15.0 Å². The zero-order valence-electron chi connectivity index (χ0n) is 16.2. The highest BCUT2D eigenvalue weighted by Gasteiger charge is 2.36. The number of carbonyl (C=O) groups excluding carboxylic acids is 4. The van der Waals surface area contributed by atoms with Crippen LogP contribution >= 0.6 is 0 Å². The highest BCUT2D eigenvalue weighted by molar-refractivity contribution is 6.39. The third-order valence-electron chi connectivity index (χ3n) is 4.24. The molecule has 0 spiro atoms. The van der Waals surface area contributed by atoms with Crippen molar-refractivity contribution in [3.8, 4) is 11.5 Å². The summed E-state index contributed by atoms with van der Waals surface area (Å²) in [6, 6.07) is 9.02. The number of amides is 4. The van der Waals surface area contributed by atoms with E-state index in [9.17, 15) is 24.3 Å². The van der Waals surface area contributed by atoms with Crippen molar-refractivity contribution in [2.24, 2.45) is 0 Å². The number of carbonyl (C=O) groups is 4. The second kappa shape index (κ2) is 8.48. The molecular weight excluding hydrogens is 392 g/mol. The van der Waals surface area contributed by atoms with Gasteiger partial charge in [-0.2, -0.15) is 0 Å². The number of phenolic OH excluding ortho intramolecular Hbond substituents is 1. The number of nitrogens with one attached hydrogen (secondary N) is 1. The normalized spacial score (nSPS) is 15.2. The molecule has 0 atom stereocenters. The van der Waals surface area contributed by atoms with Gasteiger partial charge in [0.15, 0.2) is 11.5 Å². The summed E-state index contributed by atoms with van der Waals surface area (Å²) in [6.45, 7) is 2.06. The Bertz CT molecular complexity index is 1060. The number of methoxy groups -OCH3 is 1. The Labute approximate surface area is 171 Å². The highest BCUT2D eigenvalue weighted by Crippen LogP contribution is 2.29. The van der Waals surface area contributed by atoms with Gasteiger partial charge in [0.2, 0.25) is 0 Å². The van der Waals surface area contributed by atoms with E-state index in [4.69, 9.17) is 4.74 Å². The summed E-state index contributed by atoms with van der Waals surface area (Å²) in [7, 11) is 1.24. The van der Waals surface area contributed by atoms with E-state index >= 15 is 0 Å². The van der Waals surface area contributed by atoms with Crippen molar-refractivity contribution in [3.63, 3.8) is 0 Å². The minimum Gasteiger partial charge on any atom is -0.504 e. The van der Waals surface area contributed by atoms with Crippen LogP contribution in [-0.4, -0.2) is 42.6 Å². The lowest BCUT2D eigenvalue weighted by atomic mass is 10.1. The fourth-order valence-corrected chi connectivity index (χ4v) is 2.81. The van der Waals surface area contributed by atoms with Gasteiger partial charge in [0.1, 0.15) is 5.57 Å². The fourth-order valence-electron chi connectivity index (χ4n) is 2.81. The smallest absolute Gasteiger partial charge is 0.337 e. The molecule has 1 fully saturated rings. The van der Waals surface area contributed by atoms with E-state index in [0.717, 1.165) is 4.90 Å². The molecule has 1 aliphatic rings. The van der Waals surface area contributed by atoms with Crippen LogP contribution in [0, 0.1) is 0 Å². The maximum Gasteiger partial charge on any atom is 0.337 e. The number of nitrogens with zero attached hydrogens (tertiary/aromatic N) is 1. The minimum absolute atomic E-state index is 0.0825. The van der Waals surface area contributed by atoms with Gasteiger partial charge in [-0.25, -0.2) is 14.5 Å². The first-order valence-corrected chi connectivity index (χ1v) is 8.91. The largest absolute Gasteiger partial charge is 0.504 e. The minimum atomic E-state index is -0.909. The first-order chi connectivity index (χ1) is 14.3. The second-order valence-electron chi connectivity index (χ2n) is 6.16. The van der Waals surface area contributed by atoms with E-state index in [1.54, 1.807) is 6.92 Å². The van der Waals surface area contributed by atoms with Crippen LogP contribution in [0.25, 0.3) is 6.08 Å². The SMILES string of the molecule is CCOc1cc(/C=C2\C(=O)NC(=O)N(c3ccc(C(=O)OC)cc3)C2=O)ccc1O. The molecule has 1 saturated heterocycles. The number of urea groups is 1. The van der Waals surface area contributed by atoms with E-state index < -0.39 is 23.8 Å². The Hall–Kier alpha value is -4.14. The number of hydrogen-bond donors (Lipinski definition) is 2. The van der Waals surface area contributed by atoms with Crippen molar-refractivity contribution in [1.29, 1.82) is 0 Å². The Kier molecular flexibility index (Phi) is 5.82. The third kappa shape index (κ3) is 4.00. The summed E-state index contributed by atoms with van der Waals surface area (Å²) in [6.07, 6.45) is 1.29. The van der Waals surface area contributed by atoms with Gasteiger partial charge < -0.3 is 14.6 Å². The number of benzene rings is 2. The zero-order chi connectivity index (χ0) is 21.8. The van der Waals surface area contributed by atoms with Crippen molar-refractivity contribution in [3.05, 3.63) is 59.2 Å². The number of aromatic hydroxyl groups is 1. The molecule has 3 rings (SSSR count). The van der Waals surface area contributed by atoms with E-state index in [0.29, 0.717) is 12.2 Å². The zero-order valence-corrected chi connectivity index (χ0v) is 16.2. The number of phenols is 1. The molecule has 1 heterocycles. The molecule has 154 valence electrons. The van der Waals surface area contributed by atoms with Gasteiger partial charge >= 0.3 is 12.0 Å². The number of hydrogen-bond acceptors (Lipinski definition) is 7. The fraction of sp³-hybridized carbons (Fsp3) is 0.143. The Balaban J connectivity index is 1.95. The van der Waals surface area contributed by atoms with Crippen LogP contribution in [0.15, 0.2) is 48.0 Å². The maximum atomic E-state index is 12.9. The molecular formula is C21H18N2O7. The molecule has 0 bridgehead atoms. The maximum absolute atomic E-state index is 12.9. The monoisotopic (exact) mass is 410 g/mol. The molecule has 4 amide bonds. The number of imide groups is 2. The van der Waals surface area contributed by atoms with Crippen LogP contribution in [0.2, 0.25) is 0 Å². The molecule has 30 heavy (non-hydrogen) atoms. The summed E-state index contributed by atoms with van der Waals surface area (Å²) in [4.78, 5) is 49.8. The number of anilines is 1. The summed E-state index contributed by atoms with van der Waals surface area (Å²) in [5.41, 5.74) is 0.555. The quantitative estimate of drug-likeness (QED) is 0.440. The molecule has 0 aromatic heterocycles. The van der Waals surface area contributed by atoms with Crippen LogP contribution in [0.5, 0.6) is 11.5 Å². The van der Waals surface area contributed by atoms with Crippen molar-refractivity contribution >= 4 is 35.6 Å². The average Bonchev–Trinajstić information content (AvgIpc) is 2.73. The predicted octanol–water partition coefficient (Wildman–Crippen LogP) is 2.24. The van der Waals surface area contributed by atoms with Crippen molar-refractivity contribution in [1.82, 2.24) is 5.32 Å². The molecule has 0 aliphatic carbocycles. The van der Waals surface area contributed by atoms with E-state index in [2.05, 4.69) is 10.1 Å². The standard InChI is InChI=1S/C21H18N2O7/c1-3-30-17-11-12(4-9-16(17)24)10-15-18(25)22-21(28)23(19(15)26)14-7-5-13(6-8-14)20(27)29-2/h4-11,24H,3H2,1-2H3,(H,22,25,28)/b15-10+. The molecule has 9 nitrogen and oxygen atoms in total. The molecule has 1 aliphatic heterocycles. The molecule has 0 saturated carbocycles. The lowest BCUT2D eigenvalue weighted by molar-refractivity contribution is -0.122. The summed E-state index contributed by atoms with van der Waals surface area (Å²) < 4.78 is 9.92. The van der Waals surface area contributed by atoms with Crippen LogP contribution in [0.3, 0.4) is 0 Å². The van der Waals surface area contributed by atoms with Gasteiger partial charge in [-0.05, 0) is 55.0 Å². The lowest BCUT2D eigenvalue weighted by Gasteiger charge is -2.26. The predicted molar refractivity (Wildman–Crippen MR) is 106 cm³/mol. The second-order valence-corrected chi connectivity index (χ2v) is 6.16. The number of esters is 1. The number of barbiturate groups is 1. The highest BCUT2D eigenvalue weighted by atomic mass is 16.5. The van der Waals surface area contributed by atoms with Gasteiger partial charge in [-0.3, -0.25) is 14.9 Å². The molecule has 0 radical (unpaired) electrons. The molecule has 9 heteroatoms. The third-order valence-corrected chi connectivity index (χ3v) is 4.24. The van der Waals surface area contributed by atoms with Crippen LogP contribution in [0.1, 0.15) is 22.8 Å². The van der Waals surface area contributed by atoms with Crippen molar-refractivity contribution in [2.75, 3.05) is 18.6 Å². The van der Waals surface area contributed by atoms with Crippen molar-refractivity contribution < 1.29 is 33.8 Å². The Morgan fingerprint density at radius 3 is 2.47 bits per heavy atom. The van der Waals surface area contributed by atoms with E-state index in [-0.39, 0.29) is 28.3 Å². The van der Waals surface area contributed by atoms with Crippen LogP contribution in [-0.2, 0) is 14.3 Å². The lowest BCUT2D eigenvalue weighted by Crippen LogP contribution is -2.54. The molecule has 2 N–H and O–H groups in total. The van der Waals surface area contributed by atoms with Crippen molar-refractivity contribution in [2.45, 2.75) is 6.92 Å². The van der Waals surface area contributed by atoms with E-state index in [1.165, 1.54) is 55.7 Å². The number of ether oxygens (including phenoxy) is 2. The molecule has 2 aromatic rings. The average molecular weight is 410 g/mol. The van der Waals surface area contributed by atoms with Gasteiger partial charge in [0, 0.05) is 0 Å². The molecule has 0 unspecified atom stereocenters. The Morgan fingerprint density at radius 1 is 1.13 bits per heavy atom.